The zero-order valence-corrected chi connectivity index (χ0v) is 9.62. The molecule has 1 amide bonds. The van der Waals surface area contributed by atoms with Crippen LogP contribution in [-0.2, 0) is 14.3 Å². The van der Waals surface area contributed by atoms with Crippen molar-refractivity contribution in [3.05, 3.63) is 0 Å². The van der Waals surface area contributed by atoms with Crippen LogP contribution in [0.2, 0.25) is 0 Å². The van der Waals surface area contributed by atoms with Gasteiger partial charge in [-0.25, -0.2) is 0 Å². The topological polar surface area (TPSA) is 75.6 Å². The van der Waals surface area contributed by atoms with Gasteiger partial charge >= 0.3 is 5.97 Å². The molecule has 5 heteroatoms. The lowest BCUT2D eigenvalue weighted by Gasteiger charge is -2.41. The number of carboxylic acids is 1. The van der Waals surface area contributed by atoms with Crippen LogP contribution in [-0.4, -0.2) is 35.7 Å². The Balaban J connectivity index is 2.32. The summed E-state index contributed by atoms with van der Waals surface area (Å²) >= 11 is 0. The van der Waals surface area contributed by atoms with Crippen LogP contribution in [0.15, 0.2) is 0 Å². The molecule has 1 rings (SSSR count). The summed E-state index contributed by atoms with van der Waals surface area (Å²) in [6.45, 7) is 2.86. The fourth-order valence-electron chi connectivity index (χ4n) is 1.91. The third-order valence-electron chi connectivity index (χ3n) is 2.88. The van der Waals surface area contributed by atoms with Crippen molar-refractivity contribution in [1.29, 1.82) is 0 Å². The molecule has 0 spiro atoms. The van der Waals surface area contributed by atoms with Gasteiger partial charge in [0.25, 0.3) is 0 Å². The highest BCUT2D eigenvalue weighted by atomic mass is 16.5. The van der Waals surface area contributed by atoms with Gasteiger partial charge in [-0.05, 0) is 26.2 Å². The highest BCUT2D eigenvalue weighted by molar-refractivity contribution is 5.78. The minimum Gasteiger partial charge on any atom is -0.481 e. The average Bonchev–Trinajstić information content (AvgIpc) is 2.14. The molecule has 0 heterocycles. The Labute approximate surface area is 95.2 Å². The second-order valence-corrected chi connectivity index (χ2v) is 4.20. The smallest absolute Gasteiger partial charge is 0.305 e. The van der Waals surface area contributed by atoms with Gasteiger partial charge in [0.05, 0.1) is 18.6 Å². The van der Waals surface area contributed by atoms with Gasteiger partial charge in [-0.15, -0.1) is 0 Å². The van der Waals surface area contributed by atoms with Crippen molar-refractivity contribution >= 4 is 11.9 Å². The Morgan fingerprint density at radius 1 is 1.44 bits per heavy atom. The Bertz CT molecular complexity index is 261. The SMILES string of the molecule is CCOCCC(=O)NC1(CC(=O)O)CCC1. The van der Waals surface area contributed by atoms with E-state index in [1.165, 1.54) is 0 Å². The molecule has 0 bridgehead atoms. The molecule has 0 saturated heterocycles. The first kappa shape index (κ1) is 13.0. The van der Waals surface area contributed by atoms with Gasteiger partial charge in [0.15, 0.2) is 0 Å². The van der Waals surface area contributed by atoms with E-state index in [-0.39, 0.29) is 12.3 Å². The molecule has 2 N–H and O–H groups in total. The number of ether oxygens (including phenoxy) is 1. The first-order chi connectivity index (χ1) is 7.58. The molecule has 0 aliphatic heterocycles. The number of carboxylic acid groups (broad SMARTS) is 1. The first-order valence-electron chi connectivity index (χ1n) is 5.68. The average molecular weight is 229 g/mol. The Morgan fingerprint density at radius 3 is 2.56 bits per heavy atom. The second kappa shape index (κ2) is 5.84. The van der Waals surface area contributed by atoms with Crippen LogP contribution < -0.4 is 5.32 Å². The van der Waals surface area contributed by atoms with E-state index in [0.29, 0.717) is 19.6 Å². The van der Waals surface area contributed by atoms with E-state index in [1.807, 2.05) is 6.92 Å². The van der Waals surface area contributed by atoms with Crippen molar-refractivity contribution in [2.45, 2.75) is 44.6 Å². The van der Waals surface area contributed by atoms with E-state index in [0.717, 1.165) is 19.3 Å². The number of rotatable bonds is 7. The predicted molar refractivity (Wildman–Crippen MR) is 58.1 cm³/mol. The van der Waals surface area contributed by atoms with Gasteiger partial charge in [0.1, 0.15) is 0 Å². The lowest BCUT2D eigenvalue weighted by molar-refractivity contribution is -0.140. The minimum absolute atomic E-state index is 0.0212. The van der Waals surface area contributed by atoms with Crippen LogP contribution >= 0.6 is 0 Å². The minimum atomic E-state index is -0.857. The van der Waals surface area contributed by atoms with Crippen molar-refractivity contribution in [3.63, 3.8) is 0 Å². The normalized spacial score (nSPS) is 17.6. The lowest BCUT2D eigenvalue weighted by Crippen LogP contribution is -2.54. The van der Waals surface area contributed by atoms with Crippen LogP contribution in [0.4, 0.5) is 0 Å². The van der Waals surface area contributed by atoms with E-state index in [9.17, 15) is 9.59 Å². The lowest BCUT2D eigenvalue weighted by atomic mass is 9.74. The third-order valence-corrected chi connectivity index (χ3v) is 2.88. The summed E-state index contributed by atoms with van der Waals surface area (Å²) in [5.41, 5.74) is -0.491. The van der Waals surface area contributed by atoms with Gasteiger partial charge in [-0.3, -0.25) is 9.59 Å². The largest absolute Gasteiger partial charge is 0.481 e. The summed E-state index contributed by atoms with van der Waals surface area (Å²) in [6, 6.07) is 0. The van der Waals surface area contributed by atoms with Crippen molar-refractivity contribution in [2.75, 3.05) is 13.2 Å². The molecular weight excluding hydrogens is 210 g/mol. The molecule has 0 unspecified atom stereocenters. The molecule has 0 atom stereocenters. The maximum atomic E-state index is 11.5. The van der Waals surface area contributed by atoms with Crippen LogP contribution in [0.3, 0.4) is 0 Å². The molecule has 0 aromatic heterocycles. The molecule has 1 aliphatic rings. The van der Waals surface area contributed by atoms with E-state index < -0.39 is 11.5 Å². The van der Waals surface area contributed by atoms with E-state index in [4.69, 9.17) is 9.84 Å². The number of nitrogens with one attached hydrogen (secondary N) is 1. The Kier molecular flexibility index (Phi) is 4.73. The summed E-state index contributed by atoms with van der Waals surface area (Å²) in [7, 11) is 0. The van der Waals surface area contributed by atoms with Gasteiger partial charge in [-0.2, -0.15) is 0 Å². The molecule has 0 aromatic rings. The van der Waals surface area contributed by atoms with Crippen LogP contribution in [0.1, 0.15) is 39.0 Å². The number of carbonyl (C=O) groups is 2. The van der Waals surface area contributed by atoms with E-state index in [2.05, 4.69) is 5.32 Å². The number of aliphatic carboxylic acids is 1. The monoisotopic (exact) mass is 229 g/mol. The standard InChI is InChI=1S/C11H19NO4/c1-2-16-7-4-9(13)12-11(5-3-6-11)8-10(14)15/h2-8H2,1H3,(H,12,13)(H,14,15). The highest BCUT2D eigenvalue weighted by Crippen LogP contribution is 2.34. The van der Waals surface area contributed by atoms with Gasteiger partial charge in [0, 0.05) is 13.0 Å². The molecule has 0 radical (unpaired) electrons. The molecule has 1 fully saturated rings. The van der Waals surface area contributed by atoms with Gasteiger partial charge in [0.2, 0.25) is 5.91 Å². The summed E-state index contributed by atoms with van der Waals surface area (Å²) < 4.78 is 5.07. The summed E-state index contributed by atoms with van der Waals surface area (Å²) in [5.74, 6) is -0.973. The third kappa shape index (κ3) is 3.81. The van der Waals surface area contributed by atoms with Crippen molar-refractivity contribution in [1.82, 2.24) is 5.32 Å². The van der Waals surface area contributed by atoms with Crippen molar-refractivity contribution < 1.29 is 19.4 Å². The van der Waals surface area contributed by atoms with E-state index in [1.54, 1.807) is 0 Å². The fraction of sp³-hybridized carbons (Fsp3) is 0.818. The maximum Gasteiger partial charge on any atom is 0.305 e. The molecule has 1 saturated carbocycles. The summed E-state index contributed by atoms with van der Waals surface area (Å²) in [6.07, 6.45) is 2.83. The summed E-state index contributed by atoms with van der Waals surface area (Å²) in [4.78, 5) is 22.2. The molecule has 92 valence electrons. The second-order valence-electron chi connectivity index (χ2n) is 4.20. The molecule has 5 nitrogen and oxygen atoms in total. The van der Waals surface area contributed by atoms with Crippen molar-refractivity contribution in [3.8, 4) is 0 Å². The fourth-order valence-corrected chi connectivity index (χ4v) is 1.91. The zero-order chi connectivity index (χ0) is 12.0. The van der Waals surface area contributed by atoms with Crippen LogP contribution in [0.25, 0.3) is 0 Å². The summed E-state index contributed by atoms with van der Waals surface area (Å²) in [5, 5.41) is 11.6. The van der Waals surface area contributed by atoms with Gasteiger partial charge < -0.3 is 15.2 Å². The number of carbonyl (C=O) groups excluding carboxylic acids is 1. The van der Waals surface area contributed by atoms with E-state index >= 15 is 0 Å². The maximum absolute atomic E-state index is 11.5. The Hall–Kier alpha value is -1.10. The van der Waals surface area contributed by atoms with Crippen LogP contribution in [0.5, 0.6) is 0 Å². The molecule has 0 aromatic carbocycles. The molecule has 16 heavy (non-hydrogen) atoms. The molecular formula is C11H19NO4. The van der Waals surface area contributed by atoms with Gasteiger partial charge in [-0.1, -0.05) is 0 Å². The van der Waals surface area contributed by atoms with Crippen molar-refractivity contribution in [2.24, 2.45) is 0 Å². The zero-order valence-electron chi connectivity index (χ0n) is 9.62. The Morgan fingerprint density at radius 2 is 2.12 bits per heavy atom. The number of amides is 1. The quantitative estimate of drug-likeness (QED) is 0.637. The highest BCUT2D eigenvalue weighted by Gasteiger charge is 2.40. The number of hydrogen-bond acceptors (Lipinski definition) is 3. The number of hydrogen-bond donors (Lipinski definition) is 2. The van der Waals surface area contributed by atoms with Crippen LogP contribution in [0, 0.1) is 0 Å². The molecule has 1 aliphatic carbocycles. The predicted octanol–water partition coefficient (Wildman–Crippen LogP) is 0.927. The first-order valence-corrected chi connectivity index (χ1v) is 5.68.